The van der Waals surface area contributed by atoms with Gasteiger partial charge in [0.05, 0.1) is 30.7 Å². The van der Waals surface area contributed by atoms with E-state index < -0.39 is 18.0 Å². The number of fused-ring (bicyclic) bond motifs is 1. The zero-order valence-electron chi connectivity index (χ0n) is 16.2. The third-order valence-electron chi connectivity index (χ3n) is 4.39. The highest BCUT2D eigenvalue weighted by Gasteiger charge is 2.26. The van der Waals surface area contributed by atoms with E-state index in [9.17, 15) is 14.4 Å². The molecule has 0 bridgehead atoms. The minimum Gasteiger partial charge on any atom is -0.495 e. The molecule has 2 aromatic carbocycles. The average molecular weight is 414 g/mol. The molecule has 0 radical (unpaired) electrons. The van der Waals surface area contributed by atoms with Crippen molar-refractivity contribution in [2.75, 3.05) is 29.6 Å². The number of esters is 1. The van der Waals surface area contributed by atoms with Crippen molar-refractivity contribution in [3.8, 4) is 5.75 Å². The number of amides is 2. The van der Waals surface area contributed by atoms with Crippen LogP contribution in [0.15, 0.2) is 53.4 Å². The number of hydrogen-bond donors (Lipinski definition) is 1. The lowest BCUT2D eigenvalue weighted by Crippen LogP contribution is -2.38. The molecule has 2 amide bonds. The molecule has 29 heavy (non-hydrogen) atoms. The van der Waals surface area contributed by atoms with E-state index in [1.165, 1.54) is 25.8 Å². The number of ether oxygens (including phenoxy) is 2. The second-order valence-corrected chi connectivity index (χ2v) is 7.39. The molecule has 1 N–H and O–H groups in total. The van der Waals surface area contributed by atoms with Crippen LogP contribution in [0, 0.1) is 0 Å². The second kappa shape index (κ2) is 9.47. The zero-order valence-corrected chi connectivity index (χ0v) is 17.0. The highest BCUT2D eigenvalue weighted by Crippen LogP contribution is 2.34. The molecule has 1 atom stereocenters. The lowest BCUT2D eigenvalue weighted by atomic mass is 10.2. The summed E-state index contributed by atoms with van der Waals surface area (Å²) in [7, 11) is 1.51. The van der Waals surface area contributed by atoms with Crippen LogP contribution in [-0.2, 0) is 19.1 Å². The second-order valence-electron chi connectivity index (χ2n) is 6.37. The van der Waals surface area contributed by atoms with Gasteiger partial charge in [0.25, 0.3) is 5.91 Å². The summed E-state index contributed by atoms with van der Waals surface area (Å²) < 4.78 is 10.4. The summed E-state index contributed by atoms with van der Waals surface area (Å²) >= 11 is 1.48. The standard InChI is InChI=1S/C21H22N2O5S/c1-14(21(26)22-15-7-3-5-9-17(15)27-2)28-20(25)11-12-23-16-8-4-6-10-18(16)29-13-19(23)24/h3-10,14H,11-13H2,1-2H3,(H,22,26)/t14-/m0/s1. The smallest absolute Gasteiger partial charge is 0.308 e. The Kier molecular flexibility index (Phi) is 6.77. The number of benzene rings is 2. The lowest BCUT2D eigenvalue weighted by molar-refractivity contribution is -0.152. The van der Waals surface area contributed by atoms with Crippen LogP contribution in [0.2, 0.25) is 0 Å². The summed E-state index contributed by atoms with van der Waals surface area (Å²) in [6.07, 6.45) is -0.982. The monoisotopic (exact) mass is 414 g/mol. The van der Waals surface area contributed by atoms with Crippen molar-refractivity contribution in [1.82, 2.24) is 0 Å². The number of methoxy groups -OCH3 is 1. The van der Waals surface area contributed by atoms with E-state index in [0.717, 1.165) is 10.6 Å². The molecule has 0 aliphatic carbocycles. The Bertz CT molecular complexity index is 917. The quantitative estimate of drug-likeness (QED) is 0.701. The van der Waals surface area contributed by atoms with Crippen LogP contribution in [0.1, 0.15) is 13.3 Å². The first kappa shape index (κ1) is 20.7. The molecular formula is C21H22N2O5S. The molecule has 8 heteroatoms. The van der Waals surface area contributed by atoms with Crippen molar-refractivity contribution < 1.29 is 23.9 Å². The topological polar surface area (TPSA) is 84.9 Å². The van der Waals surface area contributed by atoms with Crippen molar-refractivity contribution in [1.29, 1.82) is 0 Å². The molecule has 0 spiro atoms. The summed E-state index contributed by atoms with van der Waals surface area (Å²) in [5, 5.41) is 2.68. The minimum absolute atomic E-state index is 0.00296. The first-order valence-electron chi connectivity index (χ1n) is 9.15. The van der Waals surface area contributed by atoms with Crippen molar-refractivity contribution >= 4 is 40.9 Å². The summed E-state index contributed by atoms with van der Waals surface area (Å²) in [6, 6.07) is 14.5. The summed E-state index contributed by atoms with van der Waals surface area (Å²) in [5.74, 6) is -0.207. The molecule has 0 saturated heterocycles. The number of nitrogens with zero attached hydrogens (tertiary/aromatic N) is 1. The SMILES string of the molecule is COc1ccccc1NC(=O)[C@H](C)OC(=O)CCN1C(=O)CSc2ccccc21. The van der Waals surface area contributed by atoms with Gasteiger partial charge in [-0.25, -0.2) is 0 Å². The molecule has 0 unspecified atom stereocenters. The number of anilines is 2. The maximum absolute atomic E-state index is 12.3. The van der Waals surface area contributed by atoms with Crippen molar-refractivity contribution in [3.05, 3.63) is 48.5 Å². The normalized spacial score (nSPS) is 14.0. The number of thioether (sulfide) groups is 1. The molecule has 0 fully saturated rings. The van der Waals surface area contributed by atoms with Gasteiger partial charge in [-0.3, -0.25) is 14.4 Å². The Labute approximate surface area is 173 Å². The Balaban J connectivity index is 1.54. The van der Waals surface area contributed by atoms with Crippen LogP contribution >= 0.6 is 11.8 Å². The fourth-order valence-electron chi connectivity index (χ4n) is 2.89. The number of para-hydroxylation sites is 3. The van der Waals surface area contributed by atoms with E-state index in [2.05, 4.69) is 5.32 Å². The van der Waals surface area contributed by atoms with E-state index in [1.54, 1.807) is 29.2 Å². The first-order valence-corrected chi connectivity index (χ1v) is 10.1. The number of carbonyl (C=O) groups excluding carboxylic acids is 3. The molecular weight excluding hydrogens is 392 g/mol. The molecule has 152 valence electrons. The predicted octanol–water partition coefficient (Wildman–Crippen LogP) is 3.09. The number of hydrogen-bond acceptors (Lipinski definition) is 6. The molecule has 2 aromatic rings. The highest BCUT2D eigenvalue weighted by atomic mass is 32.2. The number of carbonyl (C=O) groups is 3. The highest BCUT2D eigenvalue weighted by molar-refractivity contribution is 8.00. The molecule has 3 rings (SSSR count). The minimum atomic E-state index is -0.979. The summed E-state index contributed by atoms with van der Waals surface area (Å²) in [6.45, 7) is 1.71. The predicted molar refractivity (Wildman–Crippen MR) is 111 cm³/mol. The molecule has 0 aromatic heterocycles. The fraction of sp³-hybridized carbons (Fsp3) is 0.286. The fourth-order valence-corrected chi connectivity index (χ4v) is 3.83. The van der Waals surface area contributed by atoms with E-state index in [0.29, 0.717) is 17.2 Å². The lowest BCUT2D eigenvalue weighted by Gasteiger charge is -2.28. The van der Waals surface area contributed by atoms with Crippen LogP contribution in [0.3, 0.4) is 0 Å². The van der Waals surface area contributed by atoms with E-state index >= 15 is 0 Å². The van der Waals surface area contributed by atoms with Crippen LogP contribution in [0.25, 0.3) is 0 Å². The number of rotatable bonds is 7. The van der Waals surface area contributed by atoms with Gasteiger partial charge in [0.1, 0.15) is 5.75 Å². The van der Waals surface area contributed by atoms with Gasteiger partial charge >= 0.3 is 5.97 Å². The zero-order chi connectivity index (χ0) is 20.8. The van der Waals surface area contributed by atoms with Crippen molar-refractivity contribution in [2.45, 2.75) is 24.3 Å². The molecule has 0 saturated carbocycles. The third kappa shape index (κ3) is 5.08. The van der Waals surface area contributed by atoms with Gasteiger partial charge < -0.3 is 19.7 Å². The average Bonchev–Trinajstić information content (AvgIpc) is 2.73. The van der Waals surface area contributed by atoms with Crippen LogP contribution in [-0.4, -0.2) is 43.3 Å². The Morgan fingerprint density at radius 2 is 1.90 bits per heavy atom. The molecule has 1 aliphatic rings. The number of nitrogens with one attached hydrogen (secondary N) is 1. The van der Waals surface area contributed by atoms with Gasteiger partial charge in [-0.15, -0.1) is 11.8 Å². The van der Waals surface area contributed by atoms with E-state index in [1.807, 2.05) is 24.3 Å². The van der Waals surface area contributed by atoms with E-state index in [4.69, 9.17) is 9.47 Å². The van der Waals surface area contributed by atoms with Gasteiger partial charge in [0.2, 0.25) is 5.91 Å². The van der Waals surface area contributed by atoms with Gasteiger partial charge in [0.15, 0.2) is 6.10 Å². The Hall–Kier alpha value is -3.00. The summed E-state index contributed by atoms with van der Waals surface area (Å²) in [5.41, 5.74) is 1.29. The van der Waals surface area contributed by atoms with Crippen LogP contribution in [0.5, 0.6) is 5.75 Å². The van der Waals surface area contributed by atoms with Crippen LogP contribution < -0.4 is 15.0 Å². The largest absolute Gasteiger partial charge is 0.495 e. The van der Waals surface area contributed by atoms with Gasteiger partial charge in [-0.05, 0) is 31.2 Å². The van der Waals surface area contributed by atoms with Crippen molar-refractivity contribution in [3.63, 3.8) is 0 Å². The van der Waals surface area contributed by atoms with E-state index in [-0.39, 0.29) is 18.9 Å². The van der Waals surface area contributed by atoms with Gasteiger partial charge in [-0.1, -0.05) is 24.3 Å². The maximum Gasteiger partial charge on any atom is 0.308 e. The summed E-state index contributed by atoms with van der Waals surface area (Å²) in [4.78, 5) is 39.4. The van der Waals surface area contributed by atoms with Crippen molar-refractivity contribution in [2.24, 2.45) is 0 Å². The maximum atomic E-state index is 12.3. The van der Waals surface area contributed by atoms with Gasteiger partial charge in [-0.2, -0.15) is 0 Å². The van der Waals surface area contributed by atoms with Crippen LogP contribution in [0.4, 0.5) is 11.4 Å². The molecule has 7 nitrogen and oxygen atoms in total. The molecule has 1 heterocycles. The Morgan fingerprint density at radius 1 is 1.17 bits per heavy atom. The molecule has 1 aliphatic heterocycles. The Morgan fingerprint density at radius 3 is 2.69 bits per heavy atom. The third-order valence-corrected chi connectivity index (χ3v) is 5.44. The van der Waals surface area contributed by atoms with Gasteiger partial charge in [0, 0.05) is 11.4 Å². The first-order chi connectivity index (χ1) is 14.0.